The number of rotatable bonds is 4. The van der Waals surface area contributed by atoms with Crippen molar-refractivity contribution in [3.05, 3.63) is 29.7 Å². The molecule has 0 radical (unpaired) electrons. The lowest BCUT2D eigenvalue weighted by Gasteiger charge is -2.18. The maximum absolute atomic E-state index is 12.4. The van der Waals surface area contributed by atoms with Crippen molar-refractivity contribution in [2.45, 2.75) is 26.0 Å². The number of aromatic nitrogens is 3. The fourth-order valence-electron chi connectivity index (χ4n) is 2.42. The lowest BCUT2D eigenvalue weighted by Crippen LogP contribution is -2.43. The summed E-state index contributed by atoms with van der Waals surface area (Å²) in [4.78, 5) is 16.7. The molecule has 1 aliphatic heterocycles. The van der Waals surface area contributed by atoms with Gasteiger partial charge in [-0.2, -0.15) is 5.10 Å². The van der Waals surface area contributed by atoms with E-state index < -0.39 is 0 Å². The monoisotopic (exact) mass is 290 g/mol. The molecule has 3 rings (SSSR count). The van der Waals surface area contributed by atoms with Gasteiger partial charge >= 0.3 is 0 Å². The van der Waals surface area contributed by atoms with Crippen LogP contribution in [0.3, 0.4) is 0 Å². The van der Waals surface area contributed by atoms with E-state index in [0.717, 1.165) is 5.56 Å². The summed E-state index contributed by atoms with van der Waals surface area (Å²) in [6, 6.07) is -0.141. The molecule has 7 nitrogen and oxygen atoms in total. The van der Waals surface area contributed by atoms with E-state index >= 15 is 0 Å². The van der Waals surface area contributed by atoms with Crippen molar-refractivity contribution in [1.29, 1.82) is 0 Å². The van der Waals surface area contributed by atoms with Gasteiger partial charge in [-0.05, 0) is 19.4 Å². The number of aryl methyl sites for hydroxylation is 1. The minimum Gasteiger partial charge on any atom is -0.376 e. The van der Waals surface area contributed by atoms with Gasteiger partial charge in [0, 0.05) is 19.0 Å². The molecule has 1 fully saturated rings. The van der Waals surface area contributed by atoms with Crippen LogP contribution in [0.1, 0.15) is 22.8 Å². The van der Waals surface area contributed by atoms with E-state index in [1.54, 1.807) is 10.7 Å². The summed E-state index contributed by atoms with van der Waals surface area (Å²) in [5.41, 5.74) is 1.99. The minimum absolute atomic E-state index is 0.101. The largest absolute Gasteiger partial charge is 0.376 e. The van der Waals surface area contributed by atoms with Crippen molar-refractivity contribution in [1.82, 2.24) is 19.9 Å². The fraction of sp³-hybridized carbons (Fsp3) is 0.500. The maximum Gasteiger partial charge on any atom is 0.257 e. The summed E-state index contributed by atoms with van der Waals surface area (Å²) in [6.45, 7) is 5.41. The highest BCUT2D eigenvalue weighted by atomic mass is 16.5. The average Bonchev–Trinajstić information content (AvgIpc) is 3.06. The molecule has 0 bridgehead atoms. The van der Waals surface area contributed by atoms with Crippen LogP contribution < -0.4 is 5.32 Å². The summed E-state index contributed by atoms with van der Waals surface area (Å²) in [5, 5.41) is 7.10. The predicted molar refractivity (Wildman–Crippen MR) is 75.2 cm³/mol. The number of hydrogen-bond acceptors (Lipinski definition) is 5. The molecule has 0 aliphatic carbocycles. The molecule has 0 spiro atoms. The molecule has 0 aromatic carbocycles. The van der Waals surface area contributed by atoms with E-state index in [9.17, 15) is 4.79 Å². The van der Waals surface area contributed by atoms with Gasteiger partial charge in [0.2, 0.25) is 0 Å². The number of ether oxygens (including phenoxy) is 2. The standard InChI is InChI=1S/C14H18N4O3/c1-3-21-12-8-20-7-11(12)17-14(19)10-5-16-18-6-9(2)4-15-13(10)18/h4-6,11-12H,3,7-8H2,1-2H3,(H,17,19)/t11-,12-/m0/s1. The van der Waals surface area contributed by atoms with Gasteiger partial charge in [-0.3, -0.25) is 4.79 Å². The zero-order valence-corrected chi connectivity index (χ0v) is 12.1. The second kappa shape index (κ2) is 5.79. The van der Waals surface area contributed by atoms with Gasteiger partial charge in [-0.25, -0.2) is 9.50 Å². The van der Waals surface area contributed by atoms with E-state index in [1.165, 1.54) is 6.20 Å². The molecule has 0 unspecified atom stereocenters. The van der Waals surface area contributed by atoms with Crippen LogP contribution in [0.15, 0.2) is 18.6 Å². The van der Waals surface area contributed by atoms with Gasteiger partial charge in [0.05, 0.1) is 25.5 Å². The number of nitrogens with one attached hydrogen (secondary N) is 1. The van der Waals surface area contributed by atoms with Crippen molar-refractivity contribution < 1.29 is 14.3 Å². The van der Waals surface area contributed by atoms with E-state index in [1.807, 2.05) is 20.0 Å². The topological polar surface area (TPSA) is 77.8 Å². The Labute approximate surface area is 122 Å². The zero-order chi connectivity index (χ0) is 14.8. The number of nitrogens with zero attached hydrogens (tertiary/aromatic N) is 3. The minimum atomic E-state index is -0.207. The zero-order valence-electron chi connectivity index (χ0n) is 12.1. The van der Waals surface area contributed by atoms with Gasteiger partial charge in [0.15, 0.2) is 5.65 Å². The van der Waals surface area contributed by atoms with Gasteiger partial charge < -0.3 is 14.8 Å². The average molecular weight is 290 g/mol. The second-order valence-electron chi connectivity index (χ2n) is 5.07. The summed E-state index contributed by atoms with van der Waals surface area (Å²) in [6.07, 6.45) is 4.98. The third-order valence-corrected chi connectivity index (χ3v) is 3.46. The molecule has 21 heavy (non-hydrogen) atoms. The Morgan fingerprint density at radius 3 is 3.19 bits per heavy atom. The summed E-state index contributed by atoms with van der Waals surface area (Å²) in [7, 11) is 0. The third kappa shape index (κ3) is 2.74. The van der Waals surface area contributed by atoms with Crippen LogP contribution in [0.5, 0.6) is 0 Å². The van der Waals surface area contributed by atoms with Crippen LogP contribution >= 0.6 is 0 Å². The highest BCUT2D eigenvalue weighted by Crippen LogP contribution is 2.13. The summed E-state index contributed by atoms with van der Waals surface area (Å²) < 4.78 is 12.5. The van der Waals surface area contributed by atoms with Gasteiger partial charge in [-0.15, -0.1) is 0 Å². The SMILES string of the molecule is CCO[C@H]1COC[C@@H]1NC(=O)c1cnn2cc(C)cnc12. The molecule has 1 saturated heterocycles. The Kier molecular flexibility index (Phi) is 3.85. The highest BCUT2D eigenvalue weighted by Gasteiger charge is 2.31. The van der Waals surface area contributed by atoms with Gasteiger partial charge in [-0.1, -0.05) is 0 Å². The Bertz CT molecular complexity index is 655. The first kappa shape index (κ1) is 14.0. The van der Waals surface area contributed by atoms with Crippen molar-refractivity contribution in [3.63, 3.8) is 0 Å². The lowest BCUT2D eigenvalue weighted by molar-refractivity contribution is 0.0402. The molecule has 2 aromatic heterocycles. The fourth-order valence-corrected chi connectivity index (χ4v) is 2.42. The smallest absolute Gasteiger partial charge is 0.257 e. The van der Waals surface area contributed by atoms with Gasteiger partial charge in [0.25, 0.3) is 5.91 Å². The highest BCUT2D eigenvalue weighted by molar-refractivity contribution is 5.99. The van der Waals surface area contributed by atoms with Crippen molar-refractivity contribution >= 4 is 11.6 Å². The first-order chi connectivity index (χ1) is 10.2. The molecule has 0 saturated carbocycles. The normalized spacial score (nSPS) is 21.8. The van der Waals surface area contributed by atoms with Crippen molar-refractivity contribution in [2.75, 3.05) is 19.8 Å². The van der Waals surface area contributed by atoms with Crippen LogP contribution in [-0.2, 0) is 9.47 Å². The summed E-state index contributed by atoms with van der Waals surface area (Å²) >= 11 is 0. The van der Waals surface area contributed by atoms with Crippen LogP contribution in [0.4, 0.5) is 0 Å². The Morgan fingerprint density at radius 1 is 1.52 bits per heavy atom. The van der Waals surface area contributed by atoms with E-state index in [-0.39, 0.29) is 18.1 Å². The molecule has 3 heterocycles. The molecule has 1 aliphatic rings. The van der Waals surface area contributed by atoms with E-state index in [0.29, 0.717) is 31.0 Å². The summed E-state index contributed by atoms with van der Waals surface area (Å²) in [5.74, 6) is -0.207. The van der Waals surface area contributed by atoms with Gasteiger partial charge in [0.1, 0.15) is 11.7 Å². The maximum atomic E-state index is 12.4. The molecule has 2 aromatic rings. The first-order valence-electron chi connectivity index (χ1n) is 6.99. The third-order valence-electron chi connectivity index (χ3n) is 3.46. The molecular formula is C14H18N4O3. The van der Waals surface area contributed by atoms with Crippen LogP contribution in [0.25, 0.3) is 5.65 Å². The van der Waals surface area contributed by atoms with E-state index in [2.05, 4.69) is 15.4 Å². The van der Waals surface area contributed by atoms with Crippen LogP contribution in [-0.4, -0.2) is 52.5 Å². The number of carbonyl (C=O) groups is 1. The molecule has 7 heteroatoms. The van der Waals surface area contributed by atoms with E-state index in [4.69, 9.17) is 9.47 Å². The van der Waals surface area contributed by atoms with Crippen LogP contribution in [0, 0.1) is 6.92 Å². The van der Waals surface area contributed by atoms with Crippen molar-refractivity contribution in [3.8, 4) is 0 Å². The number of fused-ring (bicyclic) bond motifs is 1. The lowest BCUT2D eigenvalue weighted by atomic mass is 10.2. The number of hydrogen-bond donors (Lipinski definition) is 1. The molecular weight excluding hydrogens is 272 g/mol. The molecule has 1 amide bonds. The predicted octanol–water partition coefficient (Wildman–Crippen LogP) is 0.571. The van der Waals surface area contributed by atoms with Crippen LogP contribution in [0.2, 0.25) is 0 Å². The second-order valence-corrected chi connectivity index (χ2v) is 5.07. The molecule has 112 valence electrons. The van der Waals surface area contributed by atoms with Crippen molar-refractivity contribution in [2.24, 2.45) is 0 Å². The quantitative estimate of drug-likeness (QED) is 0.891. The Balaban J connectivity index is 1.78. The first-order valence-corrected chi connectivity index (χ1v) is 6.99. The number of amides is 1. The Morgan fingerprint density at radius 2 is 2.38 bits per heavy atom. The molecule has 1 N–H and O–H groups in total. The number of carbonyl (C=O) groups excluding carboxylic acids is 1. The Hall–Kier alpha value is -1.99. The molecule has 2 atom stereocenters.